The number of anilines is 1. The minimum absolute atomic E-state index is 0.119. The first-order chi connectivity index (χ1) is 18.4. The van der Waals surface area contributed by atoms with Crippen molar-refractivity contribution in [2.45, 2.75) is 18.5 Å². The van der Waals surface area contributed by atoms with Crippen LogP contribution in [-0.4, -0.2) is 23.8 Å². The van der Waals surface area contributed by atoms with Crippen LogP contribution in [-0.2, 0) is 11.3 Å². The highest BCUT2D eigenvalue weighted by molar-refractivity contribution is 6.31. The summed E-state index contributed by atoms with van der Waals surface area (Å²) in [7, 11) is 1.56. The molecule has 0 aromatic heterocycles. The average molecular weight is 533 g/mol. The Morgan fingerprint density at radius 3 is 2.37 bits per heavy atom. The number of carbonyl (C=O) groups excluding carboxylic acids is 2. The fourth-order valence-electron chi connectivity index (χ4n) is 4.80. The first-order valence-corrected chi connectivity index (χ1v) is 12.3. The van der Waals surface area contributed by atoms with E-state index in [9.17, 15) is 18.4 Å². The van der Waals surface area contributed by atoms with Crippen LogP contribution in [0.25, 0.3) is 0 Å². The number of nitrogens with zero attached hydrogens (tertiary/aromatic N) is 1. The minimum Gasteiger partial charge on any atom is -0.497 e. The van der Waals surface area contributed by atoms with Crippen molar-refractivity contribution in [2.75, 3.05) is 12.4 Å². The summed E-state index contributed by atoms with van der Waals surface area (Å²) in [6.45, 7) is 0.149. The standard InChI is InChI=1S/C30H23ClF2N2O3/c1-38-22-13-8-19(9-14-22)28-27(29(36)34-21-12-15-26(33)25(31)16-21)23-4-2-3-5-24(23)30(37)35(28)17-18-6-10-20(32)11-7-18/h2-16,27-28H,17H2,1H3,(H,34,36)/t27-,28-/m0/s1. The van der Waals surface area contributed by atoms with Crippen LogP contribution in [0.5, 0.6) is 5.75 Å². The van der Waals surface area contributed by atoms with E-state index in [2.05, 4.69) is 5.32 Å². The molecule has 192 valence electrons. The molecule has 0 spiro atoms. The molecule has 0 saturated carbocycles. The number of nitrogens with one attached hydrogen (secondary N) is 1. The monoisotopic (exact) mass is 532 g/mol. The normalized spacial score (nSPS) is 16.6. The Morgan fingerprint density at radius 1 is 0.974 bits per heavy atom. The van der Waals surface area contributed by atoms with Crippen LogP contribution in [0.4, 0.5) is 14.5 Å². The van der Waals surface area contributed by atoms with Gasteiger partial charge >= 0.3 is 0 Å². The molecule has 0 aliphatic carbocycles. The van der Waals surface area contributed by atoms with Gasteiger partial charge in [-0.1, -0.05) is 54.1 Å². The van der Waals surface area contributed by atoms with Gasteiger partial charge in [-0.3, -0.25) is 9.59 Å². The quantitative estimate of drug-likeness (QED) is 0.299. The molecular formula is C30H23ClF2N2O3. The van der Waals surface area contributed by atoms with Gasteiger partial charge < -0.3 is 15.0 Å². The molecule has 1 heterocycles. The molecule has 2 atom stereocenters. The van der Waals surface area contributed by atoms with Crippen LogP contribution in [0, 0.1) is 11.6 Å². The topological polar surface area (TPSA) is 58.6 Å². The first kappa shape index (κ1) is 25.4. The van der Waals surface area contributed by atoms with Gasteiger partial charge in [-0.2, -0.15) is 0 Å². The maximum atomic E-state index is 13.9. The van der Waals surface area contributed by atoms with Gasteiger partial charge in [-0.05, 0) is 65.2 Å². The number of carbonyl (C=O) groups is 2. The lowest BCUT2D eigenvalue weighted by Crippen LogP contribution is -2.45. The highest BCUT2D eigenvalue weighted by Gasteiger charge is 2.44. The Kier molecular flexibility index (Phi) is 7.11. The molecule has 5 nitrogen and oxygen atoms in total. The van der Waals surface area contributed by atoms with E-state index in [1.807, 2.05) is 12.1 Å². The van der Waals surface area contributed by atoms with Crippen LogP contribution < -0.4 is 10.1 Å². The number of methoxy groups -OCH3 is 1. The highest BCUT2D eigenvalue weighted by Crippen LogP contribution is 2.44. The maximum Gasteiger partial charge on any atom is 0.255 e. The van der Waals surface area contributed by atoms with Crippen LogP contribution >= 0.6 is 11.6 Å². The van der Waals surface area contributed by atoms with E-state index in [0.29, 0.717) is 33.7 Å². The zero-order chi connectivity index (χ0) is 26.8. The first-order valence-electron chi connectivity index (χ1n) is 11.9. The zero-order valence-electron chi connectivity index (χ0n) is 20.3. The van der Waals surface area contributed by atoms with Crippen molar-refractivity contribution in [1.29, 1.82) is 0 Å². The van der Waals surface area contributed by atoms with Gasteiger partial charge in [0.1, 0.15) is 17.4 Å². The molecule has 0 radical (unpaired) electrons. The van der Waals surface area contributed by atoms with E-state index in [0.717, 1.165) is 0 Å². The molecule has 38 heavy (non-hydrogen) atoms. The summed E-state index contributed by atoms with van der Waals surface area (Å²) in [5, 5.41) is 2.73. The number of amides is 2. The predicted molar refractivity (Wildman–Crippen MR) is 141 cm³/mol. The third-order valence-electron chi connectivity index (χ3n) is 6.63. The summed E-state index contributed by atoms with van der Waals surface area (Å²) in [6, 6.07) is 23.3. The Bertz CT molecular complexity index is 1490. The van der Waals surface area contributed by atoms with Crippen LogP contribution in [0.1, 0.15) is 39.0 Å². The van der Waals surface area contributed by atoms with Gasteiger partial charge in [0.15, 0.2) is 0 Å². The lowest BCUT2D eigenvalue weighted by molar-refractivity contribution is -0.119. The number of halogens is 3. The van der Waals surface area contributed by atoms with Crippen LogP contribution in [0.2, 0.25) is 5.02 Å². The maximum absolute atomic E-state index is 13.9. The SMILES string of the molecule is COc1ccc([C@H]2[C@@H](C(=O)Nc3ccc(F)c(Cl)c3)c3ccccc3C(=O)N2Cc2ccc(F)cc2)cc1. The second-order valence-corrected chi connectivity index (χ2v) is 9.37. The van der Waals surface area contributed by atoms with E-state index in [-0.39, 0.29) is 23.3 Å². The largest absolute Gasteiger partial charge is 0.497 e. The Labute approximate surface area is 223 Å². The van der Waals surface area contributed by atoms with E-state index < -0.39 is 23.7 Å². The molecule has 4 aromatic carbocycles. The molecule has 8 heteroatoms. The van der Waals surface area contributed by atoms with E-state index in [4.69, 9.17) is 16.3 Å². The lowest BCUT2D eigenvalue weighted by Gasteiger charge is -2.42. The number of fused-ring (bicyclic) bond motifs is 1. The van der Waals surface area contributed by atoms with Crippen LogP contribution in [0.3, 0.4) is 0 Å². The molecule has 0 saturated heterocycles. The number of ether oxygens (including phenoxy) is 1. The fraction of sp³-hybridized carbons (Fsp3) is 0.133. The summed E-state index contributed by atoms with van der Waals surface area (Å²) in [4.78, 5) is 29.4. The number of rotatable bonds is 6. The van der Waals surface area contributed by atoms with Gasteiger partial charge in [0.05, 0.1) is 24.1 Å². The van der Waals surface area contributed by atoms with Crippen molar-refractivity contribution in [3.63, 3.8) is 0 Å². The molecule has 0 unspecified atom stereocenters. The van der Waals surface area contributed by atoms with E-state index in [1.54, 1.807) is 60.5 Å². The average Bonchev–Trinajstić information content (AvgIpc) is 2.93. The second-order valence-electron chi connectivity index (χ2n) is 8.96. The number of hydrogen-bond donors (Lipinski definition) is 1. The summed E-state index contributed by atoms with van der Waals surface area (Å²) in [5.41, 5.74) is 2.72. The molecule has 2 amide bonds. The lowest BCUT2D eigenvalue weighted by atomic mass is 9.79. The van der Waals surface area contributed by atoms with Crippen molar-refractivity contribution in [3.05, 3.63) is 130 Å². The summed E-state index contributed by atoms with van der Waals surface area (Å²) in [5.74, 6) is -1.81. The van der Waals surface area contributed by atoms with Crippen molar-refractivity contribution in [3.8, 4) is 5.75 Å². The summed E-state index contributed by atoms with van der Waals surface area (Å²) >= 11 is 5.94. The van der Waals surface area contributed by atoms with E-state index in [1.165, 1.54) is 30.3 Å². The fourth-order valence-corrected chi connectivity index (χ4v) is 4.98. The highest BCUT2D eigenvalue weighted by atomic mass is 35.5. The second kappa shape index (κ2) is 10.6. The molecular weight excluding hydrogens is 510 g/mol. The Morgan fingerprint density at radius 2 is 1.68 bits per heavy atom. The van der Waals surface area contributed by atoms with Gasteiger partial charge in [0.25, 0.3) is 5.91 Å². The van der Waals surface area contributed by atoms with Crippen molar-refractivity contribution >= 4 is 29.1 Å². The molecule has 4 aromatic rings. The third kappa shape index (κ3) is 4.97. The zero-order valence-corrected chi connectivity index (χ0v) is 21.1. The van der Waals surface area contributed by atoms with Gasteiger partial charge in [0.2, 0.25) is 5.91 Å². The van der Waals surface area contributed by atoms with Crippen molar-refractivity contribution in [1.82, 2.24) is 4.90 Å². The smallest absolute Gasteiger partial charge is 0.255 e. The summed E-state index contributed by atoms with van der Waals surface area (Å²) < 4.78 is 32.6. The Hall–Kier alpha value is -4.23. The van der Waals surface area contributed by atoms with Crippen molar-refractivity contribution < 1.29 is 23.1 Å². The molecule has 0 fully saturated rings. The van der Waals surface area contributed by atoms with Gasteiger partial charge in [-0.15, -0.1) is 0 Å². The molecule has 0 bridgehead atoms. The van der Waals surface area contributed by atoms with Gasteiger partial charge in [-0.25, -0.2) is 8.78 Å². The van der Waals surface area contributed by atoms with Gasteiger partial charge in [0, 0.05) is 17.8 Å². The predicted octanol–water partition coefficient (Wildman–Crippen LogP) is 6.75. The number of hydrogen-bond acceptors (Lipinski definition) is 3. The molecule has 5 rings (SSSR count). The number of benzene rings is 4. The Balaban J connectivity index is 1.63. The third-order valence-corrected chi connectivity index (χ3v) is 6.92. The van der Waals surface area contributed by atoms with E-state index >= 15 is 0 Å². The molecule has 1 aliphatic rings. The van der Waals surface area contributed by atoms with Crippen LogP contribution in [0.15, 0.2) is 91.0 Å². The van der Waals surface area contributed by atoms with Crippen molar-refractivity contribution in [2.24, 2.45) is 0 Å². The molecule has 1 N–H and O–H groups in total. The molecule has 1 aliphatic heterocycles. The summed E-state index contributed by atoms with van der Waals surface area (Å²) in [6.07, 6.45) is 0. The minimum atomic E-state index is -0.818.